The van der Waals surface area contributed by atoms with Crippen LogP contribution in [0.5, 0.6) is 23.0 Å². The SMILES string of the molecule is Oc1ccccc1.c1ccc(COc2ccc3c(c2)SCCO3)cc1.c1ccc(OCCN2CCCCC2)cc1. The number of nitrogens with zero attached hydrogens (tertiary/aromatic N) is 1. The van der Waals surface area contributed by atoms with Crippen LogP contribution in [0.1, 0.15) is 24.8 Å². The van der Waals surface area contributed by atoms with E-state index < -0.39 is 0 Å². The van der Waals surface area contributed by atoms with Crippen LogP contribution in [0, 0.1) is 0 Å². The van der Waals surface area contributed by atoms with Crippen LogP contribution in [0.2, 0.25) is 0 Å². The van der Waals surface area contributed by atoms with Crippen LogP contribution in [0.15, 0.2) is 114 Å². The predicted octanol–water partition coefficient (Wildman–Crippen LogP) is 7.69. The molecule has 4 aromatic carbocycles. The van der Waals surface area contributed by atoms with Crippen molar-refractivity contribution in [3.05, 3.63) is 115 Å². The van der Waals surface area contributed by atoms with Crippen molar-refractivity contribution < 1.29 is 19.3 Å². The van der Waals surface area contributed by atoms with Crippen molar-refractivity contribution in [2.24, 2.45) is 0 Å². The molecule has 6 heteroatoms. The molecule has 0 saturated carbocycles. The molecule has 2 aliphatic rings. The highest BCUT2D eigenvalue weighted by atomic mass is 32.2. The van der Waals surface area contributed by atoms with Gasteiger partial charge in [-0.25, -0.2) is 0 Å². The fourth-order valence-electron chi connectivity index (χ4n) is 4.27. The van der Waals surface area contributed by atoms with Gasteiger partial charge in [0.1, 0.15) is 36.2 Å². The summed E-state index contributed by atoms with van der Waals surface area (Å²) in [6, 6.07) is 35.0. The normalized spacial score (nSPS) is 14.2. The Morgan fingerprint density at radius 2 is 1.40 bits per heavy atom. The van der Waals surface area contributed by atoms with Gasteiger partial charge in [-0.1, -0.05) is 73.2 Å². The number of hydrogen-bond donors (Lipinski definition) is 1. The first-order chi connectivity index (χ1) is 19.8. The molecule has 210 valence electrons. The number of fused-ring (bicyclic) bond motifs is 1. The third kappa shape index (κ3) is 10.9. The maximum Gasteiger partial charge on any atom is 0.133 e. The maximum absolute atomic E-state index is 8.63. The first-order valence-corrected chi connectivity index (χ1v) is 15.0. The Labute approximate surface area is 242 Å². The molecule has 0 aliphatic carbocycles. The van der Waals surface area contributed by atoms with Crippen molar-refractivity contribution in [2.75, 3.05) is 38.6 Å². The minimum Gasteiger partial charge on any atom is -0.508 e. The summed E-state index contributed by atoms with van der Waals surface area (Å²) >= 11 is 1.82. The van der Waals surface area contributed by atoms with E-state index in [1.807, 2.05) is 78.5 Å². The smallest absolute Gasteiger partial charge is 0.133 e. The molecule has 1 N–H and O–H groups in total. The Morgan fingerprint density at radius 1 is 0.725 bits per heavy atom. The van der Waals surface area contributed by atoms with E-state index in [0.29, 0.717) is 12.4 Å². The molecule has 1 fully saturated rings. The summed E-state index contributed by atoms with van der Waals surface area (Å²) in [7, 11) is 0. The van der Waals surface area contributed by atoms with Crippen molar-refractivity contribution in [1.29, 1.82) is 0 Å². The van der Waals surface area contributed by atoms with Gasteiger partial charge in [0.2, 0.25) is 0 Å². The summed E-state index contributed by atoms with van der Waals surface area (Å²) < 4.78 is 17.0. The lowest BCUT2D eigenvalue weighted by Crippen LogP contribution is -2.33. The minimum absolute atomic E-state index is 0.322. The van der Waals surface area contributed by atoms with Crippen LogP contribution in [-0.2, 0) is 6.61 Å². The van der Waals surface area contributed by atoms with E-state index in [0.717, 1.165) is 42.8 Å². The molecule has 0 atom stereocenters. The molecule has 4 aromatic rings. The van der Waals surface area contributed by atoms with Gasteiger partial charge in [-0.2, -0.15) is 0 Å². The maximum atomic E-state index is 8.63. The summed E-state index contributed by atoms with van der Waals surface area (Å²) in [5, 5.41) is 8.63. The zero-order chi connectivity index (χ0) is 27.7. The van der Waals surface area contributed by atoms with Gasteiger partial charge in [0, 0.05) is 12.3 Å². The molecule has 0 bridgehead atoms. The molecule has 6 rings (SSSR count). The highest BCUT2D eigenvalue weighted by molar-refractivity contribution is 7.99. The second kappa shape index (κ2) is 17.2. The number of aromatic hydroxyl groups is 1. The van der Waals surface area contributed by atoms with Crippen LogP contribution in [0.3, 0.4) is 0 Å². The van der Waals surface area contributed by atoms with E-state index >= 15 is 0 Å². The van der Waals surface area contributed by atoms with Gasteiger partial charge >= 0.3 is 0 Å². The number of likely N-dealkylation sites (tertiary alicyclic amines) is 1. The third-order valence-electron chi connectivity index (χ3n) is 6.39. The molecule has 0 radical (unpaired) electrons. The van der Waals surface area contributed by atoms with Gasteiger partial charge in [-0.3, -0.25) is 4.90 Å². The molecule has 0 aromatic heterocycles. The number of para-hydroxylation sites is 2. The van der Waals surface area contributed by atoms with Gasteiger partial charge in [0.05, 0.1) is 11.5 Å². The van der Waals surface area contributed by atoms with Crippen molar-refractivity contribution in [2.45, 2.75) is 30.8 Å². The zero-order valence-electron chi connectivity index (χ0n) is 23.0. The Morgan fingerprint density at radius 3 is 2.08 bits per heavy atom. The number of piperidine rings is 1. The molecular weight excluding hydrogens is 518 g/mol. The quantitative estimate of drug-likeness (QED) is 0.251. The van der Waals surface area contributed by atoms with Gasteiger partial charge in [-0.15, -0.1) is 11.8 Å². The van der Waals surface area contributed by atoms with Crippen molar-refractivity contribution in [1.82, 2.24) is 4.90 Å². The molecule has 0 amide bonds. The highest BCUT2D eigenvalue weighted by Crippen LogP contribution is 2.36. The molecule has 0 spiro atoms. The molecule has 2 heterocycles. The number of ether oxygens (including phenoxy) is 3. The van der Waals surface area contributed by atoms with Crippen LogP contribution in [-0.4, -0.2) is 48.6 Å². The minimum atomic E-state index is 0.322. The molecule has 40 heavy (non-hydrogen) atoms. The largest absolute Gasteiger partial charge is 0.508 e. The van der Waals surface area contributed by atoms with E-state index in [1.165, 1.54) is 42.8 Å². The van der Waals surface area contributed by atoms with E-state index in [2.05, 4.69) is 23.1 Å². The van der Waals surface area contributed by atoms with Gasteiger partial charge in [0.15, 0.2) is 0 Å². The summed E-state index contributed by atoms with van der Waals surface area (Å²) in [4.78, 5) is 3.67. The molecular formula is C34H39NO4S. The fraction of sp³-hybridized carbons (Fsp3) is 0.294. The van der Waals surface area contributed by atoms with Crippen molar-refractivity contribution in [3.8, 4) is 23.0 Å². The standard InChI is InChI=1S/C15H14O2S.C13H19NO.C6H6O/c1-2-4-12(5-3-1)11-17-13-6-7-14-15(10-13)18-9-8-16-14;1-3-7-13(8-4-1)15-12-11-14-9-5-2-6-10-14;7-6-4-2-1-3-5-6/h1-7,10H,8-9,11H2;1,3-4,7-8H,2,5-6,9-12H2;1-5,7H. The summed E-state index contributed by atoms with van der Waals surface area (Å²) in [5.74, 6) is 4.18. The number of rotatable bonds is 7. The topological polar surface area (TPSA) is 51.2 Å². The second-order valence-corrected chi connectivity index (χ2v) is 10.6. The first-order valence-electron chi connectivity index (χ1n) is 14.0. The van der Waals surface area contributed by atoms with Crippen LogP contribution in [0.4, 0.5) is 0 Å². The van der Waals surface area contributed by atoms with E-state index in [4.69, 9.17) is 19.3 Å². The Bertz CT molecular complexity index is 1220. The second-order valence-electron chi connectivity index (χ2n) is 9.48. The average Bonchev–Trinajstić information content (AvgIpc) is 3.03. The van der Waals surface area contributed by atoms with E-state index in [1.54, 1.807) is 24.3 Å². The fourth-order valence-corrected chi connectivity index (χ4v) is 5.13. The zero-order valence-corrected chi connectivity index (χ0v) is 23.8. The molecule has 1 saturated heterocycles. The lowest BCUT2D eigenvalue weighted by atomic mass is 10.1. The molecule has 5 nitrogen and oxygen atoms in total. The van der Waals surface area contributed by atoms with Crippen molar-refractivity contribution >= 4 is 11.8 Å². The lowest BCUT2D eigenvalue weighted by molar-refractivity contribution is 0.183. The summed E-state index contributed by atoms with van der Waals surface area (Å²) in [6.07, 6.45) is 4.10. The third-order valence-corrected chi connectivity index (χ3v) is 7.39. The Kier molecular flexibility index (Phi) is 12.6. The number of thioether (sulfide) groups is 1. The highest BCUT2D eigenvalue weighted by Gasteiger charge is 2.11. The van der Waals surface area contributed by atoms with Crippen LogP contribution in [0.25, 0.3) is 0 Å². The molecule has 0 unspecified atom stereocenters. The first kappa shape index (κ1) is 29.4. The Hall–Kier alpha value is -3.61. The lowest BCUT2D eigenvalue weighted by Gasteiger charge is -2.26. The number of hydrogen-bond acceptors (Lipinski definition) is 6. The monoisotopic (exact) mass is 557 g/mol. The van der Waals surface area contributed by atoms with E-state index in [-0.39, 0.29) is 0 Å². The van der Waals surface area contributed by atoms with Gasteiger partial charge in [0.25, 0.3) is 0 Å². The summed E-state index contributed by atoms with van der Waals surface area (Å²) in [6.45, 7) is 5.77. The van der Waals surface area contributed by atoms with E-state index in [9.17, 15) is 0 Å². The van der Waals surface area contributed by atoms with Crippen molar-refractivity contribution in [3.63, 3.8) is 0 Å². The predicted molar refractivity (Wildman–Crippen MR) is 164 cm³/mol. The number of phenols is 1. The average molecular weight is 558 g/mol. The molecule has 2 aliphatic heterocycles. The number of phenolic OH excluding ortho intramolecular Hbond substituents is 1. The van der Waals surface area contributed by atoms with Crippen LogP contribution >= 0.6 is 11.8 Å². The number of benzene rings is 4. The van der Waals surface area contributed by atoms with Gasteiger partial charge < -0.3 is 19.3 Å². The Balaban J connectivity index is 0.000000151. The van der Waals surface area contributed by atoms with Gasteiger partial charge in [-0.05, 0) is 74.0 Å². The summed E-state index contributed by atoms with van der Waals surface area (Å²) in [5.41, 5.74) is 1.18. The van der Waals surface area contributed by atoms with Crippen LogP contribution < -0.4 is 14.2 Å².